The van der Waals surface area contributed by atoms with E-state index in [1.807, 2.05) is 0 Å². The molecule has 1 aliphatic rings. The van der Waals surface area contributed by atoms with Crippen molar-refractivity contribution in [3.63, 3.8) is 0 Å². The first kappa shape index (κ1) is 15.0. The van der Waals surface area contributed by atoms with Crippen LogP contribution in [0.5, 0.6) is 0 Å². The lowest BCUT2D eigenvalue weighted by atomic mass is 9.98. The van der Waals surface area contributed by atoms with Crippen LogP contribution in [0.15, 0.2) is 0 Å². The van der Waals surface area contributed by atoms with E-state index in [1.54, 1.807) is 0 Å². The Hall–Kier alpha value is -0.0500. The van der Waals surface area contributed by atoms with Gasteiger partial charge in [-0.1, -0.05) is 6.42 Å². The molecule has 0 unspecified atom stereocenters. The van der Waals surface area contributed by atoms with Gasteiger partial charge in [0, 0.05) is 6.42 Å². The summed E-state index contributed by atoms with van der Waals surface area (Å²) in [6.07, 6.45) is -0.0956. The van der Waals surface area contributed by atoms with Gasteiger partial charge in [0.1, 0.15) is 4.08 Å². The maximum absolute atomic E-state index is 12.3. The van der Waals surface area contributed by atoms with Gasteiger partial charge >= 0.3 is 11.0 Å². The van der Waals surface area contributed by atoms with Crippen molar-refractivity contribution < 1.29 is 31.1 Å². The lowest BCUT2D eigenvalue weighted by molar-refractivity contribution is -0.121. The second-order valence-corrected chi connectivity index (χ2v) is 6.47. The van der Waals surface area contributed by atoms with Crippen molar-refractivity contribution in [2.24, 2.45) is 0 Å². The summed E-state index contributed by atoms with van der Waals surface area (Å²) in [6, 6.07) is 0. The molecule has 1 rings (SSSR count). The molecule has 0 saturated heterocycles. The van der Waals surface area contributed by atoms with Crippen molar-refractivity contribution in [2.75, 3.05) is 0 Å². The van der Waals surface area contributed by atoms with Gasteiger partial charge in [0.2, 0.25) is 0 Å². The van der Waals surface area contributed by atoms with Crippen LogP contribution in [0, 0.1) is 0 Å². The Morgan fingerprint density at radius 2 is 1.41 bits per heavy atom. The van der Waals surface area contributed by atoms with E-state index in [1.165, 1.54) is 0 Å². The Morgan fingerprint density at radius 3 is 1.76 bits per heavy atom. The van der Waals surface area contributed by atoms with Gasteiger partial charge in [-0.15, -0.1) is 0 Å². The molecule has 0 aromatic heterocycles. The lowest BCUT2D eigenvalue weighted by Gasteiger charge is -2.34. The third kappa shape index (κ3) is 4.61. The Labute approximate surface area is 102 Å². The van der Waals surface area contributed by atoms with Crippen LogP contribution in [0.4, 0.5) is 26.3 Å². The van der Waals surface area contributed by atoms with E-state index in [2.05, 4.69) is 0 Å². The van der Waals surface area contributed by atoms with Crippen molar-refractivity contribution in [1.82, 2.24) is 0 Å². The first-order valence-electron chi connectivity index (χ1n) is 4.61. The summed E-state index contributed by atoms with van der Waals surface area (Å²) in [5.41, 5.74) is -9.71. The van der Waals surface area contributed by atoms with Gasteiger partial charge < -0.3 is 0 Å². The number of Topliss-reactive ketones (excluding diaryl/α,β-unsaturated/α-hetero) is 1. The smallest absolute Gasteiger partial charge is 0.297 e. The average Bonchev–Trinajstić information content (AvgIpc) is 2.04. The molecule has 0 amide bonds. The average molecular weight is 298 g/mol. The monoisotopic (exact) mass is 298 g/mol. The van der Waals surface area contributed by atoms with Gasteiger partial charge in [0.25, 0.3) is 0 Å². The fourth-order valence-corrected chi connectivity index (χ4v) is 3.99. The molecule has 0 atom stereocenters. The molecule has 0 N–H and O–H groups in total. The zero-order valence-electron chi connectivity index (χ0n) is 8.32. The Kier molecular flexibility index (Phi) is 4.33. The second kappa shape index (κ2) is 4.91. The topological polar surface area (TPSA) is 17.1 Å². The fraction of sp³-hybridized carbons (Fsp3) is 0.875. The minimum atomic E-state index is -4.86. The summed E-state index contributed by atoms with van der Waals surface area (Å²) in [6.45, 7) is 0. The Morgan fingerprint density at radius 1 is 0.941 bits per heavy atom. The highest BCUT2D eigenvalue weighted by atomic mass is 32.2. The molecule has 0 bridgehead atoms. The molecule has 0 heterocycles. The number of thioether (sulfide) groups is 2. The summed E-state index contributed by atoms with van der Waals surface area (Å²) in [5.74, 6) is -0.978. The molecule has 1 aliphatic carbocycles. The molecule has 9 heteroatoms. The molecule has 0 spiro atoms. The van der Waals surface area contributed by atoms with Crippen LogP contribution in [0.25, 0.3) is 0 Å². The largest absolute Gasteiger partial charge is 0.443 e. The molecule has 0 radical (unpaired) electrons. The maximum Gasteiger partial charge on any atom is 0.443 e. The number of hydrogen-bond acceptors (Lipinski definition) is 3. The number of rotatable bonds is 2. The fourth-order valence-electron chi connectivity index (χ4n) is 1.58. The van der Waals surface area contributed by atoms with Crippen molar-refractivity contribution in [3.8, 4) is 0 Å². The van der Waals surface area contributed by atoms with Crippen molar-refractivity contribution in [1.29, 1.82) is 0 Å². The Bertz CT molecular complexity index is 281. The zero-order chi connectivity index (χ0) is 13.3. The standard InChI is InChI=1S/C8H8F6OS2/c9-7(10,11)16-6(17-8(12,13)14)4-2-1-3-5(6)15/h1-4H2. The van der Waals surface area contributed by atoms with Gasteiger partial charge in [-0.05, 0) is 36.4 Å². The zero-order valence-corrected chi connectivity index (χ0v) is 9.95. The minimum Gasteiger partial charge on any atom is -0.297 e. The molecular formula is C8H8F6OS2. The number of carbonyl (C=O) groups excluding carboxylic acids is 1. The summed E-state index contributed by atoms with van der Waals surface area (Å²) >= 11 is -1.69. The molecule has 0 aromatic carbocycles. The van der Waals surface area contributed by atoms with Gasteiger partial charge in [0.15, 0.2) is 5.78 Å². The van der Waals surface area contributed by atoms with Gasteiger partial charge in [-0.25, -0.2) is 0 Å². The van der Waals surface area contributed by atoms with Gasteiger partial charge in [0.05, 0.1) is 0 Å². The summed E-state index contributed by atoms with van der Waals surface area (Å²) in [5, 5.41) is 0. The molecule has 1 fully saturated rings. The number of halogens is 6. The minimum absolute atomic E-state index is 0.192. The maximum atomic E-state index is 12.3. The first-order valence-corrected chi connectivity index (χ1v) is 6.24. The molecular weight excluding hydrogens is 290 g/mol. The number of hydrogen-bond donors (Lipinski definition) is 0. The van der Waals surface area contributed by atoms with Crippen LogP contribution in [-0.4, -0.2) is 20.9 Å². The van der Waals surface area contributed by atoms with E-state index in [4.69, 9.17) is 0 Å². The molecule has 1 saturated carbocycles. The summed E-state index contributed by atoms with van der Waals surface area (Å²) < 4.78 is 71.1. The van der Waals surface area contributed by atoms with E-state index in [9.17, 15) is 31.1 Å². The van der Waals surface area contributed by atoms with Crippen LogP contribution >= 0.6 is 23.5 Å². The van der Waals surface area contributed by atoms with E-state index in [0.29, 0.717) is 6.42 Å². The molecule has 100 valence electrons. The van der Waals surface area contributed by atoms with Crippen LogP contribution in [0.2, 0.25) is 0 Å². The SMILES string of the molecule is O=C1CCCCC1(SC(F)(F)F)SC(F)(F)F. The number of ketones is 1. The van der Waals surface area contributed by atoms with E-state index in [-0.39, 0.29) is 12.8 Å². The highest BCUT2D eigenvalue weighted by Crippen LogP contribution is 2.57. The molecule has 0 aliphatic heterocycles. The van der Waals surface area contributed by atoms with Crippen molar-refractivity contribution in [2.45, 2.75) is 40.8 Å². The predicted molar refractivity (Wildman–Crippen MR) is 53.5 cm³/mol. The molecule has 17 heavy (non-hydrogen) atoms. The van der Waals surface area contributed by atoms with Gasteiger partial charge in [-0.3, -0.25) is 4.79 Å². The third-order valence-electron chi connectivity index (χ3n) is 2.15. The highest BCUT2D eigenvalue weighted by molar-refractivity contribution is 8.20. The van der Waals surface area contributed by atoms with Crippen LogP contribution in [0.1, 0.15) is 25.7 Å². The van der Waals surface area contributed by atoms with E-state index in [0.717, 1.165) is 0 Å². The number of alkyl halides is 6. The van der Waals surface area contributed by atoms with Crippen LogP contribution in [0.3, 0.4) is 0 Å². The lowest BCUT2D eigenvalue weighted by Crippen LogP contribution is -2.39. The molecule has 0 aromatic rings. The quantitative estimate of drug-likeness (QED) is 0.558. The predicted octanol–water partition coefficient (Wildman–Crippen LogP) is 4.33. The van der Waals surface area contributed by atoms with E-state index >= 15 is 0 Å². The second-order valence-electron chi connectivity index (χ2n) is 3.48. The van der Waals surface area contributed by atoms with Crippen molar-refractivity contribution in [3.05, 3.63) is 0 Å². The number of carbonyl (C=O) groups is 1. The summed E-state index contributed by atoms with van der Waals surface area (Å²) in [4.78, 5) is 11.4. The highest BCUT2D eigenvalue weighted by Gasteiger charge is 2.55. The van der Waals surface area contributed by atoms with E-state index < -0.39 is 50.8 Å². The normalized spacial score (nSPS) is 21.6. The van der Waals surface area contributed by atoms with Crippen LogP contribution < -0.4 is 0 Å². The third-order valence-corrected chi connectivity index (χ3v) is 4.63. The van der Waals surface area contributed by atoms with Gasteiger partial charge in [-0.2, -0.15) is 26.3 Å². The molecule has 1 nitrogen and oxygen atoms in total. The Balaban J connectivity index is 2.95. The van der Waals surface area contributed by atoms with Crippen LogP contribution in [-0.2, 0) is 4.79 Å². The first-order chi connectivity index (χ1) is 7.54. The summed E-state index contributed by atoms with van der Waals surface area (Å²) in [7, 11) is 0. The van der Waals surface area contributed by atoms with Crippen molar-refractivity contribution >= 4 is 29.3 Å².